The zero-order valence-corrected chi connectivity index (χ0v) is 12.0. The average molecular weight is 264 g/mol. The number of rotatable bonds is 8. The maximum atomic E-state index is 11.5. The summed E-state index contributed by atoms with van der Waals surface area (Å²) in [5.41, 5.74) is 0.978. The van der Waals surface area contributed by atoms with E-state index in [0.29, 0.717) is 13.0 Å². The Hall–Kier alpha value is -1.78. The molecule has 0 aromatic carbocycles. The Balaban J connectivity index is 2.34. The van der Waals surface area contributed by atoms with Crippen molar-refractivity contribution in [3.05, 3.63) is 18.3 Å². The second kappa shape index (κ2) is 8.34. The van der Waals surface area contributed by atoms with Gasteiger partial charge in [-0.05, 0) is 26.3 Å². The Kier molecular flexibility index (Phi) is 6.71. The standard InChI is InChI=1S/C14H24N4O/c1-4-7-16-13-10-12(5-8-17-13)15-9-6-14(19)18-11(2)3/h5,8,10-11H,4,6-7,9H2,1-3H3,(H,18,19)(H2,15,16,17). The van der Waals surface area contributed by atoms with Gasteiger partial charge in [-0.15, -0.1) is 0 Å². The van der Waals surface area contributed by atoms with E-state index in [2.05, 4.69) is 27.9 Å². The van der Waals surface area contributed by atoms with Gasteiger partial charge in [0.25, 0.3) is 0 Å². The van der Waals surface area contributed by atoms with Crippen molar-refractivity contribution in [2.75, 3.05) is 23.7 Å². The Morgan fingerprint density at radius 3 is 2.79 bits per heavy atom. The van der Waals surface area contributed by atoms with Gasteiger partial charge in [0, 0.05) is 43.5 Å². The lowest BCUT2D eigenvalue weighted by molar-refractivity contribution is -0.121. The van der Waals surface area contributed by atoms with E-state index < -0.39 is 0 Å². The topological polar surface area (TPSA) is 66.0 Å². The van der Waals surface area contributed by atoms with Gasteiger partial charge in [-0.1, -0.05) is 6.92 Å². The molecule has 5 nitrogen and oxygen atoms in total. The minimum Gasteiger partial charge on any atom is -0.384 e. The maximum absolute atomic E-state index is 11.5. The van der Waals surface area contributed by atoms with Crippen LogP contribution < -0.4 is 16.0 Å². The molecule has 0 bridgehead atoms. The van der Waals surface area contributed by atoms with Gasteiger partial charge in [0.05, 0.1) is 0 Å². The smallest absolute Gasteiger partial charge is 0.221 e. The van der Waals surface area contributed by atoms with Crippen molar-refractivity contribution in [2.45, 2.75) is 39.7 Å². The van der Waals surface area contributed by atoms with Crippen molar-refractivity contribution in [1.29, 1.82) is 0 Å². The third kappa shape index (κ3) is 6.64. The highest BCUT2D eigenvalue weighted by Crippen LogP contribution is 2.11. The lowest BCUT2D eigenvalue weighted by Crippen LogP contribution is -2.31. The van der Waals surface area contributed by atoms with Gasteiger partial charge < -0.3 is 16.0 Å². The van der Waals surface area contributed by atoms with Crippen LogP contribution in [-0.2, 0) is 4.79 Å². The second-order valence-corrected chi connectivity index (χ2v) is 4.76. The fourth-order valence-corrected chi connectivity index (χ4v) is 1.60. The molecule has 5 heteroatoms. The monoisotopic (exact) mass is 264 g/mol. The van der Waals surface area contributed by atoms with E-state index in [0.717, 1.165) is 24.5 Å². The molecule has 3 N–H and O–H groups in total. The molecule has 106 valence electrons. The molecule has 0 aliphatic rings. The fourth-order valence-electron chi connectivity index (χ4n) is 1.60. The summed E-state index contributed by atoms with van der Waals surface area (Å²) in [6.45, 7) is 7.56. The Bertz CT molecular complexity index is 393. The summed E-state index contributed by atoms with van der Waals surface area (Å²) in [7, 11) is 0. The SMILES string of the molecule is CCCNc1cc(NCCC(=O)NC(C)C)ccn1. The lowest BCUT2D eigenvalue weighted by atomic mass is 10.3. The van der Waals surface area contributed by atoms with Gasteiger partial charge in [0.15, 0.2) is 0 Å². The summed E-state index contributed by atoms with van der Waals surface area (Å²) in [5.74, 6) is 0.930. The number of nitrogens with one attached hydrogen (secondary N) is 3. The molecule has 0 spiro atoms. The second-order valence-electron chi connectivity index (χ2n) is 4.76. The largest absolute Gasteiger partial charge is 0.384 e. The first kappa shape index (κ1) is 15.3. The molecule has 0 saturated carbocycles. The predicted octanol–water partition coefficient (Wildman–Crippen LogP) is 2.23. The summed E-state index contributed by atoms with van der Waals surface area (Å²) in [4.78, 5) is 15.7. The molecular weight excluding hydrogens is 240 g/mol. The molecule has 19 heavy (non-hydrogen) atoms. The summed E-state index contributed by atoms with van der Waals surface area (Å²) < 4.78 is 0. The van der Waals surface area contributed by atoms with Crippen LogP contribution in [-0.4, -0.2) is 30.0 Å². The van der Waals surface area contributed by atoms with Gasteiger partial charge >= 0.3 is 0 Å². The molecule has 0 aliphatic carbocycles. The Labute approximate surface area is 115 Å². The summed E-state index contributed by atoms with van der Waals surface area (Å²) in [5, 5.41) is 9.32. The van der Waals surface area contributed by atoms with Crippen molar-refractivity contribution >= 4 is 17.4 Å². The number of pyridine rings is 1. The number of amides is 1. The molecule has 0 aliphatic heterocycles. The number of nitrogens with zero attached hydrogens (tertiary/aromatic N) is 1. The van der Waals surface area contributed by atoms with Gasteiger partial charge in [0.2, 0.25) is 5.91 Å². The number of carbonyl (C=O) groups excluding carboxylic acids is 1. The maximum Gasteiger partial charge on any atom is 0.221 e. The average Bonchev–Trinajstić information content (AvgIpc) is 2.36. The number of carbonyl (C=O) groups is 1. The number of anilines is 2. The fraction of sp³-hybridized carbons (Fsp3) is 0.571. The van der Waals surface area contributed by atoms with Crippen molar-refractivity contribution in [3.63, 3.8) is 0 Å². The van der Waals surface area contributed by atoms with Crippen LogP contribution in [0.3, 0.4) is 0 Å². The molecule has 0 saturated heterocycles. The predicted molar refractivity (Wildman–Crippen MR) is 79.4 cm³/mol. The van der Waals surface area contributed by atoms with E-state index in [9.17, 15) is 4.79 Å². The van der Waals surface area contributed by atoms with E-state index >= 15 is 0 Å². The van der Waals surface area contributed by atoms with Crippen molar-refractivity contribution in [1.82, 2.24) is 10.3 Å². The molecule has 1 rings (SSSR count). The van der Waals surface area contributed by atoms with Crippen LogP contribution >= 0.6 is 0 Å². The molecule has 0 radical (unpaired) electrons. The first-order valence-corrected chi connectivity index (χ1v) is 6.85. The zero-order chi connectivity index (χ0) is 14.1. The minimum absolute atomic E-state index is 0.0703. The van der Waals surface area contributed by atoms with Crippen LogP contribution in [0, 0.1) is 0 Å². The van der Waals surface area contributed by atoms with E-state index in [4.69, 9.17) is 0 Å². The van der Waals surface area contributed by atoms with E-state index in [-0.39, 0.29) is 11.9 Å². The summed E-state index contributed by atoms with van der Waals surface area (Å²) in [6, 6.07) is 4.05. The summed E-state index contributed by atoms with van der Waals surface area (Å²) >= 11 is 0. The summed E-state index contributed by atoms with van der Waals surface area (Å²) in [6.07, 6.45) is 3.29. The van der Waals surface area contributed by atoms with Crippen LogP contribution in [0.4, 0.5) is 11.5 Å². The molecule has 1 heterocycles. The van der Waals surface area contributed by atoms with Gasteiger partial charge in [-0.3, -0.25) is 4.79 Å². The van der Waals surface area contributed by atoms with Crippen molar-refractivity contribution in [3.8, 4) is 0 Å². The first-order chi connectivity index (χ1) is 9.11. The van der Waals surface area contributed by atoms with Gasteiger partial charge in [-0.2, -0.15) is 0 Å². The van der Waals surface area contributed by atoms with Crippen molar-refractivity contribution in [2.24, 2.45) is 0 Å². The normalized spacial score (nSPS) is 10.3. The molecule has 1 amide bonds. The lowest BCUT2D eigenvalue weighted by Gasteiger charge is -2.10. The van der Waals surface area contributed by atoms with E-state index in [1.807, 2.05) is 26.0 Å². The third-order valence-corrected chi connectivity index (χ3v) is 2.45. The molecule has 0 atom stereocenters. The van der Waals surface area contributed by atoms with E-state index in [1.165, 1.54) is 0 Å². The Morgan fingerprint density at radius 2 is 2.11 bits per heavy atom. The highest BCUT2D eigenvalue weighted by molar-refractivity contribution is 5.76. The Morgan fingerprint density at radius 1 is 1.32 bits per heavy atom. The molecule has 0 unspecified atom stereocenters. The van der Waals surface area contributed by atoms with E-state index in [1.54, 1.807) is 6.20 Å². The molecule has 0 fully saturated rings. The van der Waals surface area contributed by atoms with Crippen molar-refractivity contribution < 1.29 is 4.79 Å². The number of aromatic nitrogens is 1. The number of hydrogen-bond acceptors (Lipinski definition) is 4. The number of hydrogen-bond donors (Lipinski definition) is 3. The van der Waals surface area contributed by atoms with Crippen LogP contribution in [0.5, 0.6) is 0 Å². The highest BCUT2D eigenvalue weighted by Gasteiger charge is 2.02. The van der Waals surface area contributed by atoms with Crippen LogP contribution in [0.1, 0.15) is 33.6 Å². The molecular formula is C14H24N4O. The van der Waals surface area contributed by atoms with Gasteiger partial charge in [0.1, 0.15) is 5.82 Å². The molecule has 1 aromatic heterocycles. The van der Waals surface area contributed by atoms with Crippen LogP contribution in [0.25, 0.3) is 0 Å². The minimum atomic E-state index is 0.0703. The quantitative estimate of drug-likeness (QED) is 0.673. The highest BCUT2D eigenvalue weighted by atomic mass is 16.1. The van der Waals surface area contributed by atoms with Crippen LogP contribution in [0.15, 0.2) is 18.3 Å². The zero-order valence-electron chi connectivity index (χ0n) is 12.0. The van der Waals surface area contributed by atoms with Crippen LogP contribution in [0.2, 0.25) is 0 Å². The molecule has 1 aromatic rings. The first-order valence-electron chi connectivity index (χ1n) is 6.85. The van der Waals surface area contributed by atoms with Gasteiger partial charge in [-0.25, -0.2) is 4.98 Å². The third-order valence-electron chi connectivity index (χ3n) is 2.45.